The molecule has 2 aromatic rings. The standard InChI is InChI=1S/C13H14ClN3/c1-9(11-6-4-3-5-7-11)17-13-12(14)10(2)15-8-16-13/h3-9H,1-2H3,(H,15,16,17). The Morgan fingerprint density at radius 1 is 1.18 bits per heavy atom. The highest BCUT2D eigenvalue weighted by atomic mass is 35.5. The summed E-state index contributed by atoms with van der Waals surface area (Å²) in [7, 11) is 0. The number of rotatable bonds is 3. The van der Waals surface area contributed by atoms with Gasteiger partial charge >= 0.3 is 0 Å². The molecule has 0 bridgehead atoms. The molecule has 4 heteroatoms. The number of nitrogens with one attached hydrogen (secondary N) is 1. The average molecular weight is 248 g/mol. The van der Waals surface area contributed by atoms with Crippen molar-refractivity contribution in [3.63, 3.8) is 0 Å². The van der Waals surface area contributed by atoms with Gasteiger partial charge in [0, 0.05) is 6.04 Å². The number of aryl methyl sites for hydroxylation is 1. The van der Waals surface area contributed by atoms with Crippen molar-refractivity contribution in [2.24, 2.45) is 0 Å². The molecular weight excluding hydrogens is 234 g/mol. The lowest BCUT2D eigenvalue weighted by Gasteiger charge is -2.16. The molecule has 3 nitrogen and oxygen atoms in total. The van der Waals surface area contributed by atoms with E-state index in [0.29, 0.717) is 10.8 Å². The second-order valence-corrected chi connectivity index (χ2v) is 4.28. The molecule has 0 fully saturated rings. The molecule has 2 rings (SSSR count). The summed E-state index contributed by atoms with van der Waals surface area (Å²) in [6.45, 7) is 3.94. The molecule has 0 amide bonds. The topological polar surface area (TPSA) is 37.8 Å². The van der Waals surface area contributed by atoms with Gasteiger partial charge in [-0.05, 0) is 19.4 Å². The lowest BCUT2D eigenvalue weighted by Crippen LogP contribution is -2.09. The summed E-state index contributed by atoms with van der Waals surface area (Å²) in [6.07, 6.45) is 1.52. The van der Waals surface area contributed by atoms with Gasteiger partial charge in [0.25, 0.3) is 0 Å². The Balaban J connectivity index is 2.19. The fourth-order valence-corrected chi connectivity index (χ4v) is 1.74. The van der Waals surface area contributed by atoms with E-state index in [9.17, 15) is 0 Å². The van der Waals surface area contributed by atoms with Crippen molar-refractivity contribution in [1.82, 2.24) is 9.97 Å². The third kappa shape index (κ3) is 2.74. The normalized spacial score (nSPS) is 12.2. The Labute approximate surface area is 106 Å². The quantitative estimate of drug-likeness (QED) is 0.900. The van der Waals surface area contributed by atoms with Crippen LogP contribution >= 0.6 is 11.6 Å². The minimum absolute atomic E-state index is 0.156. The lowest BCUT2D eigenvalue weighted by atomic mass is 10.1. The number of hydrogen-bond donors (Lipinski definition) is 1. The van der Waals surface area contributed by atoms with Gasteiger partial charge in [0.05, 0.1) is 5.69 Å². The molecule has 0 radical (unpaired) electrons. The van der Waals surface area contributed by atoms with E-state index >= 15 is 0 Å². The average Bonchev–Trinajstić information content (AvgIpc) is 2.36. The van der Waals surface area contributed by atoms with E-state index < -0.39 is 0 Å². The Morgan fingerprint density at radius 2 is 1.88 bits per heavy atom. The lowest BCUT2D eigenvalue weighted by molar-refractivity contribution is 0.870. The predicted molar refractivity (Wildman–Crippen MR) is 70.3 cm³/mol. The van der Waals surface area contributed by atoms with Crippen molar-refractivity contribution in [2.45, 2.75) is 19.9 Å². The van der Waals surface area contributed by atoms with Crippen molar-refractivity contribution in [3.8, 4) is 0 Å². The highest BCUT2D eigenvalue weighted by molar-refractivity contribution is 6.33. The number of benzene rings is 1. The van der Waals surface area contributed by atoms with E-state index in [1.165, 1.54) is 11.9 Å². The molecule has 88 valence electrons. The maximum atomic E-state index is 6.14. The zero-order chi connectivity index (χ0) is 12.3. The number of hydrogen-bond acceptors (Lipinski definition) is 3. The van der Waals surface area contributed by atoms with E-state index in [4.69, 9.17) is 11.6 Å². The van der Waals surface area contributed by atoms with E-state index in [1.807, 2.05) is 25.1 Å². The van der Waals surface area contributed by atoms with Crippen molar-refractivity contribution in [3.05, 3.63) is 52.9 Å². The Kier molecular flexibility index (Phi) is 3.59. The molecule has 0 aliphatic heterocycles. The summed E-state index contributed by atoms with van der Waals surface area (Å²) < 4.78 is 0. The predicted octanol–water partition coefficient (Wildman–Crippen LogP) is 3.61. The van der Waals surface area contributed by atoms with Crippen LogP contribution in [0, 0.1) is 6.92 Å². The summed E-state index contributed by atoms with van der Waals surface area (Å²) in [4.78, 5) is 8.19. The molecular formula is C13H14ClN3. The number of halogens is 1. The molecule has 1 aromatic heterocycles. The van der Waals surface area contributed by atoms with E-state index in [2.05, 4.69) is 34.3 Å². The SMILES string of the molecule is Cc1ncnc(NC(C)c2ccccc2)c1Cl. The van der Waals surface area contributed by atoms with Crippen LogP contribution in [0.1, 0.15) is 24.2 Å². The molecule has 1 aromatic carbocycles. The maximum Gasteiger partial charge on any atom is 0.148 e. The van der Waals surface area contributed by atoms with Crippen molar-refractivity contribution < 1.29 is 0 Å². The van der Waals surface area contributed by atoms with Gasteiger partial charge in [-0.25, -0.2) is 9.97 Å². The zero-order valence-electron chi connectivity index (χ0n) is 9.81. The summed E-state index contributed by atoms with van der Waals surface area (Å²) in [5, 5.41) is 3.86. The fourth-order valence-electron chi connectivity index (χ4n) is 1.59. The van der Waals surface area contributed by atoms with Crippen LogP contribution in [0.25, 0.3) is 0 Å². The van der Waals surface area contributed by atoms with Crippen LogP contribution in [0.5, 0.6) is 0 Å². The number of anilines is 1. The molecule has 0 saturated carbocycles. The third-order valence-corrected chi connectivity index (χ3v) is 3.07. The van der Waals surface area contributed by atoms with Crippen LogP contribution in [-0.4, -0.2) is 9.97 Å². The first-order valence-electron chi connectivity index (χ1n) is 5.47. The first-order chi connectivity index (χ1) is 8.18. The number of nitrogens with zero attached hydrogens (tertiary/aromatic N) is 2. The third-order valence-electron chi connectivity index (χ3n) is 2.62. The van der Waals surface area contributed by atoms with Gasteiger partial charge in [0.1, 0.15) is 17.2 Å². The first kappa shape index (κ1) is 11.9. The van der Waals surface area contributed by atoms with Gasteiger partial charge in [-0.1, -0.05) is 41.9 Å². The van der Waals surface area contributed by atoms with E-state index in [1.54, 1.807) is 0 Å². The molecule has 0 saturated heterocycles. The summed E-state index contributed by atoms with van der Waals surface area (Å²) in [5.41, 5.74) is 1.98. The molecule has 0 spiro atoms. The molecule has 1 heterocycles. The van der Waals surface area contributed by atoms with Gasteiger partial charge in [0.2, 0.25) is 0 Å². The monoisotopic (exact) mass is 247 g/mol. The van der Waals surface area contributed by atoms with Crippen LogP contribution in [0.3, 0.4) is 0 Å². The molecule has 1 unspecified atom stereocenters. The van der Waals surface area contributed by atoms with Crippen LogP contribution in [0.2, 0.25) is 5.02 Å². The Morgan fingerprint density at radius 3 is 2.59 bits per heavy atom. The van der Waals surface area contributed by atoms with Crippen LogP contribution in [0.15, 0.2) is 36.7 Å². The Hall–Kier alpha value is -1.61. The van der Waals surface area contributed by atoms with Crippen LogP contribution in [0.4, 0.5) is 5.82 Å². The van der Waals surface area contributed by atoms with Gasteiger partial charge < -0.3 is 5.32 Å². The smallest absolute Gasteiger partial charge is 0.148 e. The van der Waals surface area contributed by atoms with E-state index in [0.717, 1.165) is 5.69 Å². The molecule has 0 aliphatic rings. The molecule has 1 N–H and O–H groups in total. The van der Waals surface area contributed by atoms with Crippen LogP contribution in [-0.2, 0) is 0 Å². The van der Waals surface area contributed by atoms with Crippen LogP contribution < -0.4 is 5.32 Å². The second kappa shape index (κ2) is 5.15. The molecule has 1 atom stereocenters. The zero-order valence-corrected chi connectivity index (χ0v) is 10.6. The van der Waals surface area contributed by atoms with Crippen molar-refractivity contribution in [1.29, 1.82) is 0 Å². The van der Waals surface area contributed by atoms with Gasteiger partial charge in [-0.15, -0.1) is 0 Å². The molecule has 0 aliphatic carbocycles. The van der Waals surface area contributed by atoms with Gasteiger partial charge in [-0.2, -0.15) is 0 Å². The summed E-state index contributed by atoms with van der Waals surface area (Å²) in [6, 6.07) is 10.3. The van der Waals surface area contributed by atoms with Gasteiger partial charge in [0.15, 0.2) is 0 Å². The largest absolute Gasteiger partial charge is 0.362 e. The first-order valence-corrected chi connectivity index (χ1v) is 5.85. The summed E-state index contributed by atoms with van der Waals surface area (Å²) in [5.74, 6) is 0.676. The fraction of sp³-hybridized carbons (Fsp3) is 0.231. The maximum absolute atomic E-state index is 6.14. The number of aromatic nitrogens is 2. The second-order valence-electron chi connectivity index (χ2n) is 3.90. The summed E-state index contributed by atoms with van der Waals surface area (Å²) >= 11 is 6.14. The highest BCUT2D eigenvalue weighted by Crippen LogP contribution is 2.25. The van der Waals surface area contributed by atoms with Gasteiger partial charge in [-0.3, -0.25) is 0 Å². The molecule has 17 heavy (non-hydrogen) atoms. The Bertz CT molecular complexity index is 499. The van der Waals surface area contributed by atoms with Crippen molar-refractivity contribution >= 4 is 17.4 Å². The minimum atomic E-state index is 0.156. The minimum Gasteiger partial charge on any atom is -0.362 e. The van der Waals surface area contributed by atoms with E-state index in [-0.39, 0.29) is 6.04 Å². The highest BCUT2D eigenvalue weighted by Gasteiger charge is 2.10. The van der Waals surface area contributed by atoms with Crippen molar-refractivity contribution in [2.75, 3.05) is 5.32 Å².